The number of anilines is 12. The maximum atomic E-state index is 5.25. The van der Waals surface area contributed by atoms with Gasteiger partial charge < -0.3 is 19.6 Å². The van der Waals surface area contributed by atoms with Crippen molar-refractivity contribution < 1.29 is 0 Å². The molecule has 0 atom stereocenters. The third-order valence-electron chi connectivity index (χ3n) is 20.8. The van der Waals surface area contributed by atoms with Gasteiger partial charge in [0.15, 0.2) is 0 Å². The molecule has 490 valence electrons. The third kappa shape index (κ3) is 10.4. The van der Waals surface area contributed by atoms with E-state index in [1.807, 2.05) is 24.8 Å². The first kappa shape index (κ1) is 63.3. The van der Waals surface area contributed by atoms with Crippen LogP contribution in [0.25, 0.3) is 75.9 Å². The number of fused-ring (bicyclic) bond motifs is 4. The molecule has 0 aliphatic rings. The summed E-state index contributed by atoms with van der Waals surface area (Å²) < 4.78 is 0. The summed E-state index contributed by atoms with van der Waals surface area (Å²) in [6, 6.07) is 86.2. The van der Waals surface area contributed by atoms with Crippen LogP contribution in [0.3, 0.4) is 0 Å². The Labute approximate surface area is 586 Å². The summed E-state index contributed by atoms with van der Waals surface area (Å²) in [5, 5.41) is 11.4. The summed E-state index contributed by atoms with van der Waals surface area (Å²) in [6.07, 6.45) is 14.1. The molecule has 100 heavy (non-hydrogen) atoms. The summed E-state index contributed by atoms with van der Waals surface area (Å²) in [5.74, 6) is 0. The molecule has 16 aromatic rings. The summed E-state index contributed by atoms with van der Waals surface area (Å²) >= 11 is 0. The molecule has 4 heterocycles. The first-order valence-corrected chi connectivity index (χ1v) is 36.1. The van der Waals surface area contributed by atoms with Gasteiger partial charge in [-0.25, -0.2) is 0 Å². The van der Waals surface area contributed by atoms with Crippen LogP contribution in [0.2, 0.25) is 0 Å². The van der Waals surface area contributed by atoms with Gasteiger partial charge in [0, 0.05) is 124 Å². The van der Waals surface area contributed by atoms with Gasteiger partial charge in [-0.05, 0) is 183 Å². The molecule has 8 nitrogen and oxygen atoms in total. The minimum atomic E-state index is 0.767. The topological polar surface area (TPSA) is 64.5 Å². The van der Waals surface area contributed by atoms with Crippen molar-refractivity contribution in [3.8, 4) is 0 Å². The zero-order chi connectivity index (χ0) is 68.1. The smallest absolute Gasteiger partial charge is 0.0754 e. The van der Waals surface area contributed by atoms with Crippen molar-refractivity contribution in [2.45, 2.75) is 107 Å². The Morgan fingerprint density at radius 2 is 0.450 bits per heavy atom. The quantitative estimate of drug-likeness (QED) is 0.0700. The van der Waals surface area contributed by atoms with Crippen molar-refractivity contribution in [1.82, 2.24) is 19.9 Å². The van der Waals surface area contributed by atoms with Gasteiger partial charge in [0.05, 0.1) is 67.6 Å². The molecule has 0 saturated carbocycles. The molecule has 0 amide bonds. The summed E-state index contributed by atoms with van der Waals surface area (Å²) in [5.41, 5.74) is 27.1. The van der Waals surface area contributed by atoms with Gasteiger partial charge in [0.2, 0.25) is 0 Å². The van der Waals surface area contributed by atoms with Crippen LogP contribution in [-0.4, -0.2) is 19.9 Å². The van der Waals surface area contributed by atoms with Crippen LogP contribution in [0.5, 0.6) is 0 Å². The number of rotatable bonds is 20. The van der Waals surface area contributed by atoms with Crippen LogP contribution in [0.4, 0.5) is 68.2 Å². The predicted molar refractivity (Wildman–Crippen MR) is 425 cm³/mol. The highest BCUT2D eigenvalue weighted by Gasteiger charge is 2.34. The van der Waals surface area contributed by atoms with Gasteiger partial charge in [0.1, 0.15) is 0 Å². The Morgan fingerprint density at radius 3 is 0.650 bits per heavy atom. The average molecular weight is 1300 g/mol. The van der Waals surface area contributed by atoms with Crippen LogP contribution < -0.4 is 19.6 Å². The molecular weight excluding hydrogens is 1220 g/mol. The van der Waals surface area contributed by atoms with Crippen molar-refractivity contribution >= 4 is 144 Å². The number of aromatic nitrogens is 4. The SMILES string of the molecule is CCc1cc2cccnc2c(CC)c1N(c1ccccc1)c1cc(N(c2ccccc2)c2c(CC)cc3cccnc3c2CC)c2ccc3c(N(c4ccccc4)c4c(CC)cc5cccnc5c4CC)cc(N(c4ccccc4)c4c(CC)cc5cccnc5c4CC)c4ccc1c2c43. The van der Waals surface area contributed by atoms with Crippen molar-refractivity contribution in [2.75, 3.05) is 19.6 Å². The van der Waals surface area contributed by atoms with E-state index < -0.39 is 0 Å². The van der Waals surface area contributed by atoms with Crippen LogP contribution >= 0.6 is 0 Å². The summed E-state index contributed by atoms with van der Waals surface area (Å²) in [7, 11) is 0. The molecule has 0 bridgehead atoms. The largest absolute Gasteiger partial charge is 0.309 e. The van der Waals surface area contributed by atoms with Gasteiger partial charge >= 0.3 is 0 Å². The Bertz CT molecular complexity index is 5040. The van der Waals surface area contributed by atoms with Crippen molar-refractivity contribution in [3.63, 3.8) is 0 Å². The van der Waals surface area contributed by atoms with Crippen LogP contribution in [0, 0.1) is 0 Å². The Morgan fingerprint density at radius 1 is 0.230 bits per heavy atom. The van der Waals surface area contributed by atoms with Crippen LogP contribution in [0.15, 0.2) is 255 Å². The zero-order valence-corrected chi connectivity index (χ0v) is 58.5. The number of aryl methyl sites for hydroxylation is 8. The third-order valence-corrected chi connectivity index (χ3v) is 20.8. The molecule has 0 N–H and O–H groups in total. The lowest BCUT2D eigenvalue weighted by Gasteiger charge is -2.37. The van der Waals surface area contributed by atoms with Gasteiger partial charge in [-0.1, -0.05) is 177 Å². The number of pyridine rings is 4. The van der Waals surface area contributed by atoms with Gasteiger partial charge in [-0.3, -0.25) is 19.9 Å². The molecule has 0 radical (unpaired) electrons. The number of hydrogen-bond acceptors (Lipinski definition) is 8. The highest BCUT2D eigenvalue weighted by molar-refractivity contribution is 6.33. The number of benzene rings is 12. The lowest BCUT2D eigenvalue weighted by molar-refractivity contribution is 1.06. The highest BCUT2D eigenvalue weighted by Crippen LogP contribution is 2.58. The van der Waals surface area contributed by atoms with Crippen molar-refractivity contribution in [3.05, 3.63) is 300 Å². The summed E-state index contributed by atoms with van der Waals surface area (Å²) in [4.78, 5) is 31.4. The second kappa shape index (κ2) is 26.7. The standard InChI is InChI=1S/C92H82N8/c1-9-59-53-63-33-29-49-93-85(63)71(13-5)89(59)97(67-37-21-17-22-38-67)79-57-80(98(68-39-23-18-24-40-68)90-60(10-2)54-64-34-30-50-94-86(64)72(90)14-6)76-47-48-78-82(100(70-43-27-20-28-44-70)92-62(12-4)56-66-36-32-52-96-88(66)74(92)16-8)58-81(77-46-45-75(79)83(76)84(77)78)99(69-41-25-19-26-42-69)91-61(11-3)55-65-35-31-51-95-87(65)73(91)15-7/h17-58H,9-16H2,1-8H3. The first-order chi connectivity index (χ1) is 49.3. The monoisotopic (exact) mass is 1300 g/mol. The average Bonchev–Trinajstić information content (AvgIpc) is 0.694. The van der Waals surface area contributed by atoms with E-state index >= 15 is 0 Å². The van der Waals surface area contributed by atoms with Gasteiger partial charge in [-0.15, -0.1) is 0 Å². The van der Waals surface area contributed by atoms with E-state index in [9.17, 15) is 0 Å². The fourth-order valence-corrected chi connectivity index (χ4v) is 16.4. The molecule has 16 rings (SSSR count). The van der Waals surface area contributed by atoms with Gasteiger partial charge in [-0.2, -0.15) is 0 Å². The second-order valence-electron chi connectivity index (χ2n) is 26.2. The molecule has 12 aromatic carbocycles. The Kier molecular flexibility index (Phi) is 16.9. The van der Waals surface area contributed by atoms with E-state index in [2.05, 4.69) is 306 Å². The molecule has 0 fully saturated rings. The molecule has 0 saturated heterocycles. The Balaban J connectivity index is 1.16. The molecule has 0 aliphatic carbocycles. The fraction of sp³-hybridized carbons (Fsp3) is 0.174. The molecule has 0 spiro atoms. The normalized spacial score (nSPS) is 11.7. The molecule has 0 aliphatic heterocycles. The van der Waals surface area contributed by atoms with E-state index in [0.717, 1.165) is 196 Å². The second-order valence-corrected chi connectivity index (χ2v) is 26.2. The first-order valence-electron chi connectivity index (χ1n) is 36.1. The molecule has 4 aromatic heterocycles. The van der Waals surface area contributed by atoms with E-state index in [0.29, 0.717) is 0 Å². The number of para-hydroxylation sites is 4. The maximum absolute atomic E-state index is 5.25. The fourth-order valence-electron chi connectivity index (χ4n) is 16.4. The van der Waals surface area contributed by atoms with E-state index in [4.69, 9.17) is 19.9 Å². The maximum Gasteiger partial charge on any atom is 0.0754 e. The zero-order valence-electron chi connectivity index (χ0n) is 58.5. The lowest BCUT2D eigenvalue weighted by atomic mass is 9.87. The van der Waals surface area contributed by atoms with Crippen molar-refractivity contribution in [1.29, 1.82) is 0 Å². The minimum Gasteiger partial charge on any atom is -0.309 e. The molecule has 0 unspecified atom stereocenters. The van der Waals surface area contributed by atoms with E-state index in [1.165, 1.54) is 44.5 Å². The molecular formula is C92H82N8. The summed E-state index contributed by atoms with van der Waals surface area (Å²) in [6.45, 7) is 18.4. The van der Waals surface area contributed by atoms with Crippen LogP contribution in [-0.2, 0) is 51.4 Å². The predicted octanol–water partition coefficient (Wildman–Crippen LogP) is 25.2. The Hall–Kier alpha value is -11.5. The van der Waals surface area contributed by atoms with Crippen molar-refractivity contribution in [2.24, 2.45) is 0 Å². The lowest BCUT2D eigenvalue weighted by Crippen LogP contribution is -2.19. The minimum absolute atomic E-state index is 0.767. The van der Waals surface area contributed by atoms with E-state index in [-0.39, 0.29) is 0 Å². The van der Waals surface area contributed by atoms with Gasteiger partial charge in [0.25, 0.3) is 0 Å². The highest BCUT2D eigenvalue weighted by atomic mass is 15.2. The number of hydrogen-bond donors (Lipinski definition) is 0. The van der Waals surface area contributed by atoms with Crippen LogP contribution in [0.1, 0.15) is 99.9 Å². The molecule has 8 heteroatoms. The number of nitrogens with zero attached hydrogens (tertiary/aromatic N) is 8. The van der Waals surface area contributed by atoms with E-state index in [1.54, 1.807) is 0 Å².